The highest BCUT2D eigenvalue weighted by atomic mass is 79.9. The van der Waals surface area contributed by atoms with Crippen molar-refractivity contribution in [1.29, 1.82) is 0 Å². The fourth-order valence-corrected chi connectivity index (χ4v) is 2.76. The summed E-state index contributed by atoms with van der Waals surface area (Å²) in [6.07, 6.45) is 2.57. The third-order valence-electron chi connectivity index (χ3n) is 3.22. The number of aliphatic hydroxyl groups excluding tert-OH is 1. The molecule has 0 aromatic heterocycles. The molecule has 1 N–H and O–H groups in total. The van der Waals surface area contributed by atoms with Crippen LogP contribution in [0.4, 0.5) is 0 Å². The third-order valence-corrected chi connectivity index (χ3v) is 3.88. The smallest absolute Gasteiger partial charge is 0.0666 e. The molecule has 3 unspecified atom stereocenters. The Hall–Kier alpha value is 0.400. The molecule has 17 heavy (non-hydrogen) atoms. The Morgan fingerprint density at radius 3 is 2.00 bits per heavy atom. The van der Waals surface area contributed by atoms with Crippen molar-refractivity contribution in [2.75, 3.05) is 5.33 Å². The molecule has 0 radical (unpaired) electrons. The average molecular weight is 309 g/mol. The van der Waals surface area contributed by atoms with Gasteiger partial charge in [-0.3, -0.25) is 0 Å². The lowest BCUT2D eigenvalue weighted by Gasteiger charge is -2.39. The molecule has 0 aromatic rings. The number of alkyl halides is 1. The van der Waals surface area contributed by atoms with E-state index in [2.05, 4.69) is 57.5 Å². The van der Waals surface area contributed by atoms with E-state index < -0.39 is 0 Å². The summed E-state index contributed by atoms with van der Waals surface area (Å²) in [4.78, 5) is 0. The summed E-state index contributed by atoms with van der Waals surface area (Å²) in [6, 6.07) is 0. The third kappa shape index (κ3) is 6.78. The molecule has 0 rings (SSSR count). The van der Waals surface area contributed by atoms with Crippen molar-refractivity contribution in [2.45, 2.75) is 78.1 Å². The van der Waals surface area contributed by atoms with Crippen molar-refractivity contribution < 1.29 is 9.84 Å². The molecule has 3 atom stereocenters. The van der Waals surface area contributed by atoms with Gasteiger partial charge in [0.25, 0.3) is 0 Å². The quantitative estimate of drug-likeness (QED) is 0.716. The first-order valence-corrected chi connectivity index (χ1v) is 7.73. The highest BCUT2D eigenvalue weighted by Gasteiger charge is 2.33. The van der Waals surface area contributed by atoms with Crippen LogP contribution in [0, 0.1) is 5.92 Å². The molecule has 0 amide bonds. The summed E-state index contributed by atoms with van der Waals surface area (Å²) in [5, 5.41) is 10.6. The number of hydrogen-bond acceptors (Lipinski definition) is 2. The second kappa shape index (κ2) is 7.10. The first-order valence-electron chi connectivity index (χ1n) is 6.61. The molecule has 0 fully saturated rings. The Morgan fingerprint density at radius 1 is 1.18 bits per heavy atom. The molecule has 0 aliphatic heterocycles. The monoisotopic (exact) mass is 308 g/mol. The fourth-order valence-electron chi connectivity index (χ4n) is 2.23. The van der Waals surface area contributed by atoms with Gasteiger partial charge in [-0.25, -0.2) is 0 Å². The summed E-state index contributed by atoms with van der Waals surface area (Å²) < 4.78 is 6.18. The van der Waals surface area contributed by atoms with Crippen molar-refractivity contribution >= 4 is 15.9 Å². The standard InChI is InChI=1S/C14H29BrO2/c1-7-11(12(16)10-15)9-14(6,8-2)17-13(3,4)5/h11-12,16H,7-10H2,1-6H3. The van der Waals surface area contributed by atoms with E-state index in [0.29, 0.717) is 11.2 Å². The van der Waals surface area contributed by atoms with E-state index in [4.69, 9.17) is 4.74 Å². The van der Waals surface area contributed by atoms with Gasteiger partial charge < -0.3 is 9.84 Å². The highest BCUT2D eigenvalue weighted by molar-refractivity contribution is 9.09. The first-order chi connectivity index (χ1) is 7.67. The second-order valence-electron chi connectivity index (χ2n) is 6.11. The molecule has 0 saturated carbocycles. The summed E-state index contributed by atoms with van der Waals surface area (Å²) in [6.45, 7) is 12.7. The van der Waals surface area contributed by atoms with Crippen molar-refractivity contribution in [1.82, 2.24) is 0 Å². The van der Waals surface area contributed by atoms with Crippen molar-refractivity contribution in [2.24, 2.45) is 5.92 Å². The minimum absolute atomic E-state index is 0.137. The lowest BCUT2D eigenvalue weighted by molar-refractivity contribution is -0.139. The Morgan fingerprint density at radius 2 is 1.71 bits per heavy atom. The molecular formula is C14H29BrO2. The van der Waals surface area contributed by atoms with Crippen LogP contribution in [0.15, 0.2) is 0 Å². The minimum atomic E-state index is -0.283. The maximum Gasteiger partial charge on any atom is 0.0666 e. The molecule has 0 aliphatic carbocycles. The Kier molecular flexibility index (Phi) is 7.27. The van der Waals surface area contributed by atoms with Crippen LogP contribution in [0.3, 0.4) is 0 Å². The van der Waals surface area contributed by atoms with Crippen LogP contribution in [0.5, 0.6) is 0 Å². The van der Waals surface area contributed by atoms with E-state index in [1.165, 1.54) is 0 Å². The molecule has 0 aromatic carbocycles. The van der Waals surface area contributed by atoms with Crippen molar-refractivity contribution in [3.63, 3.8) is 0 Å². The number of ether oxygens (including phenoxy) is 1. The van der Waals surface area contributed by atoms with E-state index in [1.54, 1.807) is 0 Å². The van der Waals surface area contributed by atoms with Crippen LogP contribution < -0.4 is 0 Å². The molecule has 0 spiro atoms. The predicted octanol–water partition coefficient (Wildman–Crippen LogP) is 4.14. The zero-order valence-electron chi connectivity index (χ0n) is 12.2. The average Bonchev–Trinajstić information content (AvgIpc) is 2.22. The van der Waals surface area contributed by atoms with Gasteiger partial charge in [-0.05, 0) is 46.5 Å². The van der Waals surface area contributed by atoms with Crippen molar-refractivity contribution in [3.05, 3.63) is 0 Å². The normalized spacial score (nSPS) is 19.8. The molecule has 104 valence electrons. The van der Waals surface area contributed by atoms with E-state index in [0.717, 1.165) is 19.3 Å². The summed E-state index contributed by atoms with van der Waals surface area (Å²) in [5.74, 6) is 0.293. The Bertz CT molecular complexity index is 213. The van der Waals surface area contributed by atoms with Crippen LogP contribution in [0.25, 0.3) is 0 Å². The molecular weight excluding hydrogens is 280 g/mol. The number of aliphatic hydroxyl groups is 1. The maximum absolute atomic E-state index is 9.97. The van der Waals surface area contributed by atoms with Crippen LogP contribution in [-0.4, -0.2) is 27.7 Å². The van der Waals surface area contributed by atoms with Gasteiger partial charge >= 0.3 is 0 Å². The Balaban J connectivity index is 4.64. The SMILES string of the molecule is CCC(CC(C)(CC)OC(C)(C)C)C(O)CBr. The van der Waals surface area contributed by atoms with Gasteiger partial charge in [0.1, 0.15) is 0 Å². The van der Waals surface area contributed by atoms with Gasteiger partial charge in [0.2, 0.25) is 0 Å². The maximum atomic E-state index is 9.97. The van der Waals surface area contributed by atoms with Gasteiger partial charge in [0.15, 0.2) is 0 Å². The lowest BCUT2D eigenvalue weighted by atomic mass is 9.85. The first kappa shape index (κ1) is 17.4. The molecule has 0 heterocycles. The number of hydrogen-bond donors (Lipinski definition) is 1. The largest absolute Gasteiger partial charge is 0.392 e. The lowest BCUT2D eigenvalue weighted by Crippen LogP contribution is -2.40. The highest BCUT2D eigenvalue weighted by Crippen LogP contribution is 2.32. The van der Waals surface area contributed by atoms with E-state index in [9.17, 15) is 5.11 Å². The number of halogens is 1. The van der Waals surface area contributed by atoms with Crippen LogP contribution in [0.2, 0.25) is 0 Å². The summed E-state index contributed by atoms with van der Waals surface area (Å²) in [7, 11) is 0. The summed E-state index contributed by atoms with van der Waals surface area (Å²) >= 11 is 3.36. The zero-order chi connectivity index (χ0) is 13.7. The van der Waals surface area contributed by atoms with Crippen LogP contribution in [-0.2, 0) is 4.74 Å². The fraction of sp³-hybridized carbons (Fsp3) is 1.00. The van der Waals surface area contributed by atoms with Gasteiger partial charge in [-0.2, -0.15) is 0 Å². The van der Waals surface area contributed by atoms with Crippen LogP contribution >= 0.6 is 15.9 Å². The molecule has 0 aliphatic rings. The van der Waals surface area contributed by atoms with Gasteiger partial charge in [0.05, 0.1) is 17.3 Å². The topological polar surface area (TPSA) is 29.5 Å². The Labute approximate surface area is 115 Å². The van der Waals surface area contributed by atoms with E-state index in [1.807, 2.05) is 0 Å². The van der Waals surface area contributed by atoms with Gasteiger partial charge in [0, 0.05) is 5.33 Å². The zero-order valence-corrected chi connectivity index (χ0v) is 13.8. The second-order valence-corrected chi connectivity index (χ2v) is 6.76. The molecule has 0 bridgehead atoms. The van der Waals surface area contributed by atoms with E-state index >= 15 is 0 Å². The molecule has 3 heteroatoms. The minimum Gasteiger partial charge on any atom is -0.392 e. The van der Waals surface area contributed by atoms with Gasteiger partial charge in [-0.1, -0.05) is 36.2 Å². The van der Waals surface area contributed by atoms with Crippen LogP contribution in [0.1, 0.15) is 60.8 Å². The molecule has 0 saturated heterocycles. The van der Waals surface area contributed by atoms with Crippen molar-refractivity contribution in [3.8, 4) is 0 Å². The summed E-state index contributed by atoms with van der Waals surface area (Å²) in [5.41, 5.74) is -0.287. The van der Waals surface area contributed by atoms with Gasteiger partial charge in [-0.15, -0.1) is 0 Å². The number of rotatable bonds is 7. The predicted molar refractivity (Wildman–Crippen MR) is 77.7 cm³/mol. The van der Waals surface area contributed by atoms with E-state index in [-0.39, 0.29) is 17.3 Å². The molecule has 2 nitrogen and oxygen atoms in total.